The van der Waals surface area contributed by atoms with Gasteiger partial charge in [0.1, 0.15) is 5.82 Å². The van der Waals surface area contributed by atoms with Crippen molar-refractivity contribution in [2.24, 2.45) is 0 Å². The van der Waals surface area contributed by atoms with Crippen LogP contribution in [0.15, 0.2) is 55.1 Å². The van der Waals surface area contributed by atoms with Gasteiger partial charge in [-0.25, -0.2) is 4.39 Å². The van der Waals surface area contributed by atoms with Crippen LogP contribution in [0.5, 0.6) is 0 Å². The monoisotopic (exact) mass is 362 g/mol. The molecule has 3 N–H and O–H groups in total. The third-order valence-electron chi connectivity index (χ3n) is 3.30. The molecule has 1 unspecified atom stereocenters. The minimum Gasteiger partial charge on any atom is -0.387 e. The lowest BCUT2D eigenvalue weighted by Gasteiger charge is -2.13. The number of carbonyl (C=O) groups is 2. The van der Waals surface area contributed by atoms with Crippen molar-refractivity contribution in [3.63, 3.8) is 0 Å². The van der Waals surface area contributed by atoms with Gasteiger partial charge in [0.05, 0.1) is 6.10 Å². The molecule has 0 radical (unpaired) electrons. The fourth-order valence-electron chi connectivity index (χ4n) is 2.11. The van der Waals surface area contributed by atoms with Crippen molar-refractivity contribution >= 4 is 29.1 Å². The first-order chi connectivity index (χ1) is 11.9. The number of amides is 2. The lowest BCUT2D eigenvalue weighted by atomic mass is 10.1. The number of anilines is 1. The summed E-state index contributed by atoms with van der Waals surface area (Å²) in [4.78, 5) is 23.5. The maximum absolute atomic E-state index is 13.3. The first-order valence-electron chi connectivity index (χ1n) is 7.35. The van der Waals surface area contributed by atoms with Crippen LogP contribution in [0.1, 0.15) is 22.0 Å². The Morgan fingerprint density at radius 2 is 2.04 bits per heavy atom. The maximum Gasteiger partial charge on any atom is 0.251 e. The standard InChI is InChI=1S/C18H16ClFN2O3/c1-2-17(24)22-15-5-3-4-11(8-15)18(25)21-10-16(23)12-6-13(19)9-14(20)7-12/h2-9,16,23H,1,10H2,(H,21,25)(H,22,24). The Kier molecular flexibility index (Phi) is 6.27. The van der Waals surface area contributed by atoms with Gasteiger partial charge in [0.25, 0.3) is 5.91 Å². The van der Waals surface area contributed by atoms with E-state index in [-0.39, 0.29) is 17.1 Å². The Bertz CT molecular complexity index is 790. The zero-order valence-electron chi connectivity index (χ0n) is 13.1. The quantitative estimate of drug-likeness (QED) is 0.691. The summed E-state index contributed by atoms with van der Waals surface area (Å²) in [5, 5.41) is 15.3. The van der Waals surface area contributed by atoms with Crippen LogP contribution in [0, 0.1) is 5.82 Å². The number of carbonyl (C=O) groups excluding carboxylic acids is 2. The van der Waals surface area contributed by atoms with Gasteiger partial charge >= 0.3 is 0 Å². The lowest BCUT2D eigenvalue weighted by Crippen LogP contribution is -2.28. The largest absolute Gasteiger partial charge is 0.387 e. The number of hydrogen-bond donors (Lipinski definition) is 3. The molecule has 130 valence electrons. The highest BCUT2D eigenvalue weighted by Crippen LogP contribution is 2.19. The van der Waals surface area contributed by atoms with E-state index in [4.69, 9.17) is 11.6 Å². The molecular weight excluding hydrogens is 347 g/mol. The van der Waals surface area contributed by atoms with Gasteiger partial charge in [-0.05, 0) is 48.0 Å². The summed E-state index contributed by atoms with van der Waals surface area (Å²) >= 11 is 5.74. The molecule has 5 nitrogen and oxygen atoms in total. The minimum absolute atomic E-state index is 0.123. The second kappa shape index (κ2) is 8.41. The molecule has 2 aromatic rings. The molecule has 2 rings (SSSR count). The Hall–Kier alpha value is -2.70. The van der Waals surface area contributed by atoms with E-state index in [1.54, 1.807) is 18.2 Å². The third-order valence-corrected chi connectivity index (χ3v) is 3.52. The van der Waals surface area contributed by atoms with E-state index in [0.717, 1.165) is 18.2 Å². The average molecular weight is 363 g/mol. The van der Waals surface area contributed by atoms with Crippen molar-refractivity contribution < 1.29 is 19.1 Å². The van der Waals surface area contributed by atoms with E-state index in [1.165, 1.54) is 12.1 Å². The molecule has 0 fully saturated rings. The van der Waals surface area contributed by atoms with E-state index < -0.39 is 23.7 Å². The zero-order valence-corrected chi connectivity index (χ0v) is 13.9. The van der Waals surface area contributed by atoms with Gasteiger partial charge in [-0.3, -0.25) is 9.59 Å². The van der Waals surface area contributed by atoms with Crippen LogP contribution in [0.3, 0.4) is 0 Å². The third kappa shape index (κ3) is 5.41. The van der Waals surface area contributed by atoms with Crippen molar-refractivity contribution in [3.8, 4) is 0 Å². The Morgan fingerprint density at radius 1 is 1.28 bits per heavy atom. The van der Waals surface area contributed by atoms with Crippen molar-refractivity contribution in [1.29, 1.82) is 0 Å². The molecule has 0 bridgehead atoms. The minimum atomic E-state index is -1.11. The summed E-state index contributed by atoms with van der Waals surface area (Å²) in [6.07, 6.45) is 0.00791. The molecule has 0 aliphatic heterocycles. The number of rotatable bonds is 6. The molecule has 0 aliphatic rings. The zero-order chi connectivity index (χ0) is 18.4. The van der Waals surface area contributed by atoms with Crippen LogP contribution in [-0.4, -0.2) is 23.5 Å². The van der Waals surface area contributed by atoms with Crippen molar-refractivity contribution in [3.05, 3.63) is 77.1 Å². The van der Waals surface area contributed by atoms with E-state index in [2.05, 4.69) is 17.2 Å². The molecule has 0 heterocycles. The first kappa shape index (κ1) is 18.6. The number of halogens is 2. The first-order valence-corrected chi connectivity index (χ1v) is 7.72. The van der Waals surface area contributed by atoms with E-state index in [0.29, 0.717) is 11.3 Å². The van der Waals surface area contributed by atoms with Crippen molar-refractivity contribution in [2.75, 3.05) is 11.9 Å². The molecule has 0 aromatic heterocycles. The summed E-state index contributed by atoms with van der Waals surface area (Å²) in [6.45, 7) is 3.23. The van der Waals surface area contributed by atoms with E-state index >= 15 is 0 Å². The summed E-state index contributed by atoms with van der Waals surface area (Å²) in [6, 6.07) is 9.98. The smallest absolute Gasteiger partial charge is 0.251 e. The average Bonchev–Trinajstić information content (AvgIpc) is 2.58. The molecule has 25 heavy (non-hydrogen) atoms. The molecule has 2 aromatic carbocycles. The molecule has 7 heteroatoms. The predicted molar refractivity (Wildman–Crippen MR) is 94.0 cm³/mol. The second-order valence-electron chi connectivity index (χ2n) is 5.20. The highest BCUT2D eigenvalue weighted by molar-refractivity contribution is 6.30. The summed E-state index contributed by atoms with van der Waals surface area (Å²) in [5.74, 6) is -1.41. The molecule has 0 aliphatic carbocycles. The van der Waals surface area contributed by atoms with Crippen LogP contribution < -0.4 is 10.6 Å². The van der Waals surface area contributed by atoms with Gasteiger partial charge in [0, 0.05) is 22.8 Å². The normalized spacial score (nSPS) is 11.5. The van der Waals surface area contributed by atoms with E-state index in [1.807, 2.05) is 0 Å². The molecule has 2 amide bonds. The van der Waals surface area contributed by atoms with Gasteiger partial charge in [-0.2, -0.15) is 0 Å². The van der Waals surface area contributed by atoms with Crippen LogP contribution in [0.2, 0.25) is 5.02 Å². The summed E-state index contributed by atoms with van der Waals surface area (Å²) < 4.78 is 13.3. The second-order valence-corrected chi connectivity index (χ2v) is 5.64. The molecule has 0 saturated heterocycles. The fourth-order valence-corrected chi connectivity index (χ4v) is 2.34. The Balaban J connectivity index is 2.01. The van der Waals surface area contributed by atoms with Gasteiger partial charge in [-0.1, -0.05) is 24.2 Å². The van der Waals surface area contributed by atoms with Crippen LogP contribution in [0.25, 0.3) is 0 Å². The molecule has 1 atom stereocenters. The van der Waals surface area contributed by atoms with Gasteiger partial charge in [0.15, 0.2) is 0 Å². The number of aliphatic hydroxyl groups is 1. The maximum atomic E-state index is 13.3. The Morgan fingerprint density at radius 3 is 2.72 bits per heavy atom. The highest BCUT2D eigenvalue weighted by atomic mass is 35.5. The van der Waals surface area contributed by atoms with Gasteiger partial charge < -0.3 is 15.7 Å². The summed E-state index contributed by atoms with van der Waals surface area (Å²) in [5.41, 5.74) is 0.999. The van der Waals surface area contributed by atoms with E-state index in [9.17, 15) is 19.1 Å². The van der Waals surface area contributed by atoms with Crippen molar-refractivity contribution in [1.82, 2.24) is 5.32 Å². The van der Waals surface area contributed by atoms with Gasteiger partial charge in [-0.15, -0.1) is 0 Å². The number of aliphatic hydroxyl groups excluding tert-OH is 1. The van der Waals surface area contributed by atoms with Crippen LogP contribution in [0.4, 0.5) is 10.1 Å². The Labute approximate surface area is 149 Å². The SMILES string of the molecule is C=CC(=O)Nc1cccc(C(=O)NCC(O)c2cc(F)cc(Cl)c2)c1. The molecule has 0 spiro atoms. The topological polar surface area (TPSA) is 78.4 Å². The van der Waals surface area contributed by atoms with Crippen LogP contribution >= 0.6 is 11.6 Å². The lowest BCUT2D eigenvalue weighted by molar-refractivity contribution is -0.111. The fraction of sp³-hybridized carbons (Fsp3) is 0.111. The van der Waals surface area contributed by atoms with Gasteiger partial charge in [0.2, 0.25) is 5.91 Å². The summed E-state index contributed by atoms with van der Waals surface area (Å²) in [7, 11) is 0. The number of nitrogens with one attached hydrogen (secondary N) is 2. The highest BCUT2D eigenvalue weighted by Gasteiger charge is 2.13. The molecule has 0 saturated carbocycles. The molecular formula is C18H16ClFN2O3. The predicted octanol–water partition coefficient (Wildman–Crippen LogP) is 3.07. The van der Waals surface area contributed by atoms with Crippen LogP contribution in [-0.2, 0) is 4.79 Å². The van der Waals surface area contributed by atoms with Crippen molar-refractivity contribution in [2.45, 2.75) is 6.10 Å². The number of benzene rings is 2. The number of hydrogen-bond acceptors (Lipinski definition) is 3.